The van der Waals surface area contributed by atoms with E-state index in [-0.39, 0.29) is 36.8 Å². The van der Waals surface area contributed by atoms with Gasteiger partial charge in [0.05, 0.1) is 11.9 Å². The standard InChI is InChI=1S/C13H16N4OS.2ClH/c1-9(7-14)17(2)13(18)11-8-16-12(19-11)10-5-3-4-6-15-10;;/h3-6,8-9H,7,14H2,1-2H3;2*1H. The predicted molar refractivity (Wildman–Crippen MR) is 90.5 cm³/mol. The van der Waals surface area contributed by atoms with Gasteiger partial charge in [0.15, 0.2) is 0 Å². The fraction of sp³-hybridized carbons (Fsp3) is 0.308. The van der Waals surface area contributed by atoms with E-state index in [0.29, 0.717) is 11.4 Å². The van der Waals surface area contributed by atoms with Gasteiger partial charge < -0.3 is 10.6 Å². The van der Waals surface area contributed by atoms with Crippen molar-refractivity contribution in [2.45, 2.75) is 13.0 Å². The van der Waals surface area contributed by atoms with E-state index in [1.54, 1.807) is 24.3 Å². The Bertz CT molecular complexity index is 564. The van der Waals surface area contributed by atoms with Gasteiger partial charge in [-0.1, -0.05) is 6.07 Å². The molecule has 1 atom stereocenters. The summed E-state index contributed by atoms with van der Waals surface area (Å²) in [5.74, 6) is -0.0577. The molecule has 0 bridgehead atoms. The summed E-state index contributed by atoms with van der Waals surface area (Å²) in [6, 6.07) is 5.63. The average Bonchev–Trinajstić information content (AvgIpc) is 2.95. The maximum absolute atomic E-state index is 12.2. The molecule has 0 saturated carbocycles. The van der Waals surface area contributed by atoms with Gasteiger partial charge in [0.1, 0.15) is 9.88 Å². The zero-order valence-corrected chi connectivity index (χ0v) is 14.2. The van der Waals surface area contributed by atoms with Crippen LogP contribution in [0.15, 0.2) is 30.6 Å². The lowest BCUT2D eigenvalue weighted by Gasteiger charge is -2.22. The highest BCUT2D eigenvalue weighted by molar-refractivity contribution is 7.16. The number of halogens is 2. The Morgan fingerprint density at radius 3 is 2.67 bits per heavy atom. The molecule has 0 radical (unpaired) electrons. The number of carbonyl (C=O) groups is 1. The molecule has 116 valence electrons. The zero-order chi connectivity index (χ0) is 13.8. The smallest absolute Gasteiger partial charge is 0.265 e. The number of nitrogens with zero attached hydrogens (tertiary/aromatic N) is 3. The van der Waals surface area contributed by atoms with Crippen molar-refractivity contribution in [2.75, 3.05) is 13.6 Å². The monoisotopic (exact) mass is 348 g/mol. The summed E-state index contributed by atoms with van der Waals surface area (Å²) in [4.78, 5) is 22.9. The molecule has 21 heavy (non-hydrogen) atoms. The third-order valence-corrected chi connectivity index (χ3v) is 3.93. The minimum atomic E-state index is -0.0577. The van der Waals surface area contributed by atoms with E-state index in [9.17, 15) is 4.79 Å². The minimum absolute atomic E-state index is 0. The fourth-order valence-corrected chi connectivity index (χ4v) is 2.39. The van der Waals surface area contributed by atoms with E-state index < -0.39 is 0 Å². The molecule has 2 N–H and O–H groups in total. The van der Waals surface area contributed by atoms with Gasteiger partial charge in [-0.15, -0.1) is 36.2 Å². The first-order valence-electron chi connectivity index (χ1n) is 5.98. The number of rotatable bonds is 4. The van der Waals surface area contributed by atoms with E-state index in [1.165, 1.54) is 11.3 Å². The molecule has 5 nitrogen and oxygen atoms in total. The van der Waals surface area contributed by atoms with E-state index in [0.717, 1.165) is 10.7 Å². The molecule has 2 rings (SSSR count). The van der Waals surface area contributed by atoms with Crippen LogP contribution in [0.4, 0.5) is 0 Å². The second-order valence-electron chi connectivity index (χ2n) is 4.25. The predicted octanol–water partition coefficient (Wildman–Crippen LogP) is 2.47. The van der Waals surface area contributed by atoms with Gasteiger partial charge in [0, 0.05) is 25.8 Å². The second kappa shape index (κ2) is 8.94. The summed E-state index contributed by atoms with van der Waals surface area (Å²) in [5.41, 5.74) is 6.35. The molecule has 0 aliphatic rings. The molecule has 0 fully saturated rings. The maximum atomic E-state index is 12.2. The van der Waals surface area contributed by atoms with Crippen LogP contribution in [0.2, 0.25) is 0 Å². The number of thiazole rings is 1. The summed E-state index contributed by atoms with van der Waals surface area (Å²) in [6.45, 7) is 2.35. The molecule has 0 saturated heterocycles. The highest BCUT2D eigenvalue weighted by Crippen LogP contribution is 2.24. The Kier molecular flexibility index (Phi) is 8.43. The normalized spacial score (nSPS) is 11.0. The van der Waals surface area contributed by atoms with Gasteiger partial charge in [0.25, 0.3) is 5.91 Å². The van der Waals surface area contributed by atoms with Gasteiger partial charge in [-0.25, -0.2) is 4.98 Å². The highest BCUT2D eigenvalue weighted by atomic mass is 35.5. The van der Waals surface area contributed by atoms with Gasteiger partial charge in [0.2, 0.25) is 0 Å². The molecule has 0 aromatic carbocycles. The van der Waals surface area contributed by atoms with E-state index in [2.05, 4.69) is 9.97 Å². The Hall–Kier alpha value is -1.21. The molecular formula is C13H18Cl2N4OS. The first-order chi connectivity index (χ1) is 9.13. The van der Waals surface area contributed by atoms with Crippen LogP contribution in [0.1, 0.15) is 16.6 Å². The van der Waals surface area contributed by atoms with Crippen molar-refractivity contribution >= 4 is 42.1 Å². The van der Waals surface area contributed by atoms with Crippen molar-refractivity contribution in [3.63, 3.8) is 0 Å². The van der Waals surface area contributed by atoms with Crippen LogP contribution in [-0.2, 0) is 0 Å². The molecule has 2 aromatic heterocycles. The minimum Gasteiger partial charge on any atom is -0.337 e. The second-order valence-corrected chi connectivity index (χ2v) is 5.28. The lowest BCUT2D eigenvalue weighted by Crippen LogP contribution is -2.39. The number of aromatic nitrogens is 2. The van der Waals surface area contributed by atoms with E-state index >= 15 is 0 Å². The topological polar surface area (TPSA) is 72.1 Å². The molecule has 2 aromatic rings. The van der Waals surface area contributed by atoms with Crippen molar-refractivity contribution in [3.8, 4) is 10.7 Å². The van der Waals surface area contributed by atoms with Gasteiger partial charge in [-0.3, -0.25) is 9.78 Å². The Labute approximate surface area is 140 Å². The van der Waals surface area contributed by atoms with Crippen molar-refractivity contribution in [3.05, 3.63) is 35.5 Å². The van der Waals surface area contributed by atoms with Crippen LogP contribution in [0.3, 0.4) is 0 Å². The molecular weight excluding hydrogens is 331 g/mol. The first-order valence-corrected chi connectivity index (χ1v) is 6.79. The van der Waals surface area contributed by atoms with Crippen LogP contribution in [0.25, 0.3) is 10.7 Å². The molecule has 0 aliphatic heterocycles. The largest absolute Gasteiger partial charge is 0.337 e. The Balaban J connectivity index is 0.00000200. The number of hydrogen-bond donors (Lipinski definition) is 1. The summed E-state index contributed by atoms with van der Waals surface area (Å²) >= 11 is 1.34. The quantitative estimate of drug-likeness (QED) is 0.920. The van der Waals surface area contributed by atoms with Crippen LogP contribution < -0.4 is 5.73 Å². The lowest BCUT2D eigenvalue weighted by atomic mass is 10.3. The summed E-state index contributed by atoms with van der Waals surface area (Å²) < 4.78 is 0. The van der Waals surface area contributed by atoms with Crippen LogP contribution in [0.5, 0.6) is 0 Å². The van der Waals surface area contributed by atoms with Gasteiger partial charge in [-0.05, 0) is 19.1 Å². The third kappa shape index (κ3) is 4.64. The molecule has 8 heteroatoms. The Morgan fingerprint density at radius 1 is 1.38 bits per heavy atom. The molecule has 2 heterocycles. The fourth-order valence-electron chi connectivity index (χ4n) is 1.51. The van der Waals surface area contributed by atoms with Crippen LogP contribution in [-0.4, -0.2) is 40.4 Å². The van der Waals surface area contributed by atoms with Gasteiger partial charge >= 0.3 is 0 Å². The maximum Gasteiger partial charge on any atom is 0.265 e. The van der Waals surface area contributed by atoms with Crippen LogP contribution in [0, 0.1) is 0 Å². The SMILES string of the molecule is CC(CN)N(C)C(=O)c1cnc(-c2ccccn2)s1.Cl.Cl. The number of nitrogens with two attached hydrogens (primary N) is 1. The molecule has 1 unspecified atom stereocenters. The lowest BCUT2D eigenvalue weighted by molar-refractivity contribution is 0.0753. The molecule has 1 amide bonds. The number of likely N-dealkylation sites (N-methyl/N-ethyl adjacent to an activating group) is 1. The number of amides is 1. The number of hydrogen-bond acceptors (Lipinski definition) is 5. The first kappa shape index (κ1) is 19.8. The molecule has 0 aliphatic carbocycles. The summed E-state index contributed by atoms with van der Waals surface area (Å²) in [6.07, 6.45) is 3.30. The zero-order valence-electron chi connectivity index (χ0n) is 11.7. The number of carbonyl (C=O) groups excluding carboxylic acids is 1. The summed E-state index contributed by atoms with van der Waals surface area (Å²) in [5, 5.41) is 0.748. The Morgan fingerprint density at radius 2 is 2.10 bits per heavy atom. The van der Waals surface area contributed by atoms with Crippen LogP contribution >= 0.6 is 36.2 Å². The van der Waals surface area contributed by atoms with Crippen molar-refractivity contribution in [1.29, 1.82) is 0 Å². The van der Waals surface area contributed by atoms with Crippen molar-refractivity contribution < 1.29 is 4.79 Å². The third-order valence-electron chi connectivity index (χ3n) is 2.92. The van der Waals surface area contributed by atoms with Gasteiger partial charge in [-0.2, -0.15) is 0 Å². The van der Waals surface area contributed by atoms with E-state index in [1.807, 2.05) is 25.1 Å². The number of pyridine rings is 1. The van der Waals surface area contributed by atoms with Crippen molar-refractivity contribution in [2.24, 2.45) is 5.73 Å². The average molecular weight is 349 g/mol. The molecule has 0 spiro atoms. The highest BCUT2D eigenvalue weighted by Gasteiger charge is 2.19. The summed E-state index contributed by atoms with van der Waals surface area (Å²) in [7, 11) is 1.75. The van der Waals surface area contributed by atoms with Crippen molar-refractivity contribution in [1.82, 2.24) is 14.9 Å². The van der Waals surface area contributed by atoms with E-state index in [4.69, 9.17) is 5.73 Å².